The normalized spacial score (nSPS) is 14.0. The molecule has 0 aliphatic carbocycles. The minimum absolute atomic E-state index is 0.336. The lowest BCUT2D eigenvalue weighted by Crippen LogP contribution is -2.22. The summed E-state index contributed by atoms with van der Waals surface area (Å²) in [5.74, 6) is -0.156. The molecule has 3 aromatic rings. The molecule has 0 unspecified atom stereocenters. The highest BCUT2D eigenvalue weighted by Gasteiger charge is 2.27. The van der Waals surface area contributed by atoms with E-state index in [9.17, 15) is 9.90 Å². The number of fused-ring (bicyclic) bond motifs is 1. The Morgan fingerprint density at radius 1 is 1.08 bits per heavy atom. The number of carboxylic acid groups (broad SMARTS) is 1. The van der Waals surface area contributed by atoms with Crippen LogP contribution in [0.1, 0.15) is 23.2 Å². The van der Waals surface area contributed by atoms with Gasteiger partial charge in [0.25, 0.3) is 0 Å². The van der Waals surface area contributed by atoms with Gasteiger partial charge in [-0.1, -0.05) is 18.2 Å². The smallest absolute Gasteiger partial charge is 0.338 e. The molecule has 0 spiro atoms. The molecule has 1 aliphatic rings. The lowest BCUT2D eigenvalue weighted by atomic mass is 10.00. The van der Waals surface area contributed by atoms with E-state index in [0.717, 1.165) is 42.9 Å². The fourth-order valence-corrected chi connectivity index (χ4v) is 3.62. The van der Waals surface area contributed by atoms with Crippen molar-refractivity contribution in [2.45, 2.75) is 12.8 Å². The molecule has 5 heteroatoms. The standard InChI is InChI=1S/C21H20N2O3/c1-26-15-10-8-14(9-11-15)19-20(23-12-4-5-13-23)18(21(24)25)16-6-2-3-7-17(16)22-19/h2-3,6-11H,4-5,12-13H2,1H3,(H,24,25). The average Bonchev–Trinajstić information content (AvgIpc) is 3.20. The number of nitrogens with zero attached hydrogens (tertiary/aromatic N) is 2. The van der Waals surface area contributed by atoms with Crippen LogP contribution in [0, 0.1) is 0 Å². The second kappa shape index (κ2) is 6.67. The van der Waals surface area contributed by atoms with Gasteiger partial charge in [0.15, 0.2) is 0 Å². The van der Waals surface area contributed by atoms with E-state index in [1.165, 1.54) is 0 Å². The Labute approximate surface area is 151 Å². The van der Waals surface area contributed by atoms with Crippen LogP contribution in [-0.2, 0) is 0 Å². The van der Waals surface area contributed by atoms with E-state index < -0.39 is 5.97 Å². The SMILES string of the molecule is COc1ccc(-c2nc3ccccc3c(C(=O)O)c2N2CCCC2)cc1. The molecule has 2 heterocycles. The average molecular weight is 348 g/mol. The quantitative estimate of drug-likeness (QED) is 0.765. The van der Waals surface area contributed by atoms with Crippen molar-refractivity contribution < 1.29 is 14.6 Å². The Hall–Kier alpha value is -3.08. The molecule has 1 N–H and O–H groups in total. The summed E-state index contributed by atoms with van der Waals surface area (Å²) in [5.41, 5.74) is 3.35. The molecule has 26 heavy (non-hydrogen) atoms. The van der Waals surface area contributed by atoms with Crippen LogP contribution in [-0.4, -0.2) is 36.3 Å². The van der Waals surface area contributed by atoms with Crippen molar-refractivity contribution >= 4 is 22.6 Å². The highest BCUT2D eigenvalue weighted by Crippen LogP contribution is 2.38. The third-order valence-electron chi connectivity index (χ3n) is 4.87. The number of rotatable bonds is 4. The molecule has 4 rings (SSSR count). The first-order valence-corrected chi connectivity index (χ1v) is 8.74. The van der Waals surface area contributed by atoms with E-state index >= 15 is 0 Å². The largest absolute Gasteiger partial charge is 0.497 e. The van der Waals surface area contributed by atoms with Crippen molar-refractivity contribution in [1.29, 1.82) is 0 Å². The number of methoxy groups -OCH3 is 1. The zero-order valence-corrected chi connectivity index (χ0v) is 14.6. The van der Waals surface area contributed by atoms with Crippen LogP contribution in [0.4, 0.5) is 5.69 Å². The van der Waals surface area contributed by atoms with Gasteiger partial charge < -0.3 is 14.7 Å². The summed E-state index contributed by atoms with van der Waals surface area (Å²) in [7, 11) is 1.63. The Balaban J connectivity index is 2.03. The highest BCUT2D eigenvalue weighted by atomic mass is 16.5. The van der Waals surface area contributed by atoms with Crippen molar-refractivity contribution in [3.63, 3.8) is 0 Å². The number of carboxylic acids is 1. The Morgan fingerprint density at radius 2 is 1.77 bits per heavy atom. The zero-order chi connectivity index (χ0) is 18.1. The second-order valence-electron chi connectivity index (χ2n) is 6.43. The molecule has 0 atom stereocenters. The van der Waals surface area contributed by atoms with E-state index in [-0.39, 0.29) is 0 Å². The molecule has 0 radical (unpaired) electrons. The van der Waals surface area contributed by atoms with E-state index in [4.69, 9.17) is 9.72 Å². The molecule has 5 nitrogen and oxygen atoms in total. The van der Waals surface area contributed by atoms with Gasteiger partial charge in [-0.25, -0.2) is 9.78 Å². The number of pyridine rings is 1. The minimum Gasteiger partial charge on any atom is -0.497 e. The Kier molecular flexibility index (Phi) is 4.21. The lowest BCUT2D eigenvalue weighted by Gasteiger charge is -2.24. The van der Waals surface area contributed by atoms with Gasteiger partial charge in [-0.05, 0) is 43.2 Å². The molecule has 1 aliphatic heterocycles. The van der Waals surface area contributed by atoms with Crippen LogP contribution >= 0.6 is 0 Å². The summed E-state index contributed by atoms with van der Waals surface area (Å²) in [6.07, 6.45) is 2.13. The topological polar surface area (TPSA) is 62.7 Å². The monoisotopic (exact) mass is 348 g/mol. The van der Waals surface area contributed by atoms with Crippen LogP contribution in [0.25, 0.3) is 22.2 Å². The molecule has 1 aromatic heterocycles. The predicted molar refractivity (Wildman–Crippen MR) is 102 cm³/mol. The molecule has 1 saturated heterocycles. The van der Waals surface area contributed by atoms with Gasteiger partial charge in [0.1, 0.15) is 5.75 Å². The lowest BCUT2D eigenvalue weighted by molar-refractivity contribution is 0.0699. The van der Waals surface area contributed by atoms with Gasteiger partial charge in [0.05, 0.1) is 29.6 Å². The van der Waals surface area contributed by atoms with Crippen LogP contribution in [0.2, 0.25) is 0 Å². The molecule has 1 fully saturated rings. The molecule has 0 amide bonds. The number of aromatic nitrogens is 1. The molecular formula is C21H20N2O3. The molecule has 0 saturated carbocycles. The fourth-order valence-electron chi connectivity index (χ4n) is 3.62. The van der Waals surface area contributed by atoms with E-state index in [0.29, 0.717) is 22.2 Å². The summed E-state index contributed by atoms with van der Waals surface area (Å²) in [6, 6.07) is 15.1. The first-order valence-electron chi connectivity index (χ1n) is 8.74. The van der Waals surface area contributed by atoms with Gasteiger partial charge in [-0.3, -0.25) is 0 Å². The number of hydrogen-bond donors (Lipinski definition) is 1. The number of hydrogen-bond acceptors (Lipinski definition) is 4. The first-order chi connectivity index (χ1) is 12.7. The number of aromatic carboxylic acids is 1. The van der Waals surface area contributed by atoms with Gasteiger partial charge in [0, 0.05) is 24.0 Å². The van der Waals surface area contributed by atoms with Crippen LogP contribution in [0.15, 0.2) is 48.5 Å². The highest BCUT2D eigenvalue weighted by molar-refractivity contribution is 6.10. The number of benzene rings is 2. The number of ether oxygens (including phenoxy) is 1. The Bertz CT molecular complexity index is 961. The molecule has 2 aromatic carbocycles. The fraction of sp³-hybridized carbons (Fsp3) is 0.238. The van der Waals surface area contributed by atoms with E-state index in [2.05, 4.69) is 4.90 Å². The molecule has 0 bridgehead atoms. The summed E-state index contributed by atoms with van der Waals surface area (Å²) < 4.78 is 5.24. The minimum atomic E-state index is -0.916. The van der Waals surface area contributed by atoms with Gasteiger partial charge in [0.2, 0.25) is 0 Å². The van der Waals surface area contributed by atoms with E-state index in [1.807, 2.05) is 48.5 Å². The number of para-hydroxylation sites is 1. The van der Waals surface area contributed by atoms with Crippen LogP contribution in [0.5, 0.6) is 5.75 Å². The van der Waals surface area contributed by atoms with Gasteiger partial charge in [-0.2, -0.15) is 0 Å². The van der Waals surface area contributed by atoms with E-state index in [1.54, 1.807) is 7.11 Å². The van der Waals surface area contributed by atoms with Crippen LogP contribution < -0.4 is 9.64 Å². The van der Waals surface area contributed by atoms with Crippen molar-refractivity contribution in [1.82, 2.24) is 4.98 Å². The number of carbonyl (C=O) groups is 1. The maximum absolute atomic E-state index is 12.2. The van der Waals surface area contributed by atoms with Crippen molar-refractivity contribution in [3.8, 4) is 17.0 Å². The summed E-state index contributed by atoms with van der Waals surface area (Å²) in [6.45, 7) is 1.70. The van der Waals surface area contributed by atoms with Gasteiger partial charge in [-0.15, -0.1) is 0 Å². The van der Waals surface area contributed by atoms with Gasteiger partial charge >= 0.3 is 5.97 Å². The summed E-state index contributed by atoms with van der Waals surface area (Å²) in [4.78, 5) is 19.2. The van der Waals surface area contributed by atoms with Crippen molar-refractivity contribution in [3.05, 3.63) is 54.1 Å². The van der Waals surface area contributed by atoms with Crippen LogP contribution in [0.3, 0.4) is 0 Å². The predicted octanol–water partition coefficient (Wildman–Crippen LogP) is 4.21. The third-order valence-corrected chi connectivity index (χ3v) is 4.87. The Morgan fingerprint density at radius 3 is 2.42 bits per heavy atom. The maximum Gasteiger partial charge on any atom is 0.338 e. The molecule has 132 valence electrons. The third kappa shape index (κ3) is 2.75. The maximum atomic E-state index is 12.2. The van der Waals surface area contributed by atoms with Crippen molar-refractivity contribution in [2.24, 2.45) is 0 Å². The van der Waals surface area contributed by atoms with Crippen molar-refractivity contribution in [2.75, 3.05) is 25.1 Å². The number of anilines is 1. The first kappa shape index (κ1) is 16.4. The molecular weight excluding hydrogens is 328 g/mol. The summed E-state index contributed by atoms with van der Waals surface area (Å²) in [5, 5.41) is 10.7. The summed E-state index contributed by atoms with van der Waals surface area (Å²) >= 11 is 0. The zero-order valence-electron chi connectivity index (χ0n) is 14.6. The second-order valence-corrected chi connectivity index (χ2v) is 6.43.